The molecular weight excluding hydrogens is 417 g/mol. The molecule has 2 aromatic heterocycles. The molecule has 0 aliphatic heterocycles. The standard InChI is InChI=1S/C18H12ClF3N2O5/c1-6(25)24-15-10-9(5-23-18(19)14(10)22)29-17(15)16(26)11-12(20)7(27-2)4-8(28-3)13(11)21/h4-5H,1-3H3,(H,24,25). The third kappa shape index (κ3) is 3.35. The maximum Gasteiger partial charge on any atom is 0.236 e. The second-order valence-corrected chi connectivity index (χ2v) is 6.06. The molecule has 0 radical (unpaired) electrons. The number of methoxy groups -OCH3 is 2. The van der Waals surface area contributed by atoms with E-state index in [1.807, 2.05) is 0 Å². The number of fused-ring (bicyclic) bond motifs is 1. The first-order valence-corrected chi connectivity index (χ1v) is 8.27. The second kappa shape index (κ2) is 7.63. The number of halogens is 4. The lowest BCUT2D eigenvalue weighted by Crippen LogP contribution is -2.14. The van der Waals surface area contributed by atoms with Crippen LogP contribution < -0.4 is 14.8 Å². The second-order valence-electron chi connectivity index (χ2n) is 5.70. The Labute approximate surface area is 166 Å². The minimum Gasteiger partial charge on any atom is -0.494 e. The van der Waals surface area contributed by atoms with Gasteiger partial charge in [0, 0.05) is 13.0 Å². The predicted octanol–water partition coefficient (Wildman–Crippen LogP) is 4.11. The van der Waals surface area contributed by atoms with Crippen LogP contribution in [0.3, 0.4) is 0 Å². The third-order valence-electron chi connectivity index (χ3n) is 3.94. The first-order chi connectivity index (χ1) is 13.7. The number of furan rings is 1. The van der Waals surface area contributed by atoms with Crippen LogP contribution in [0.1, 0.15) is 23.0 Å². The van der Waals surface area contributed by atoms with Gasteiger partial charge in [-0.25, -0.2) is 18.2 Å². The predicted molar refractivity (Wildman–Crippen MR) is 96.2 cm³/mol. The van der Waals surface area contributed by atoms with E-state index in [9.17, 15) is 22.8 Å². The highest BCUT2D eigenvalue weighted by Crippen LogP contribution is 2.38. The molecule has 29 heavy (non-hydrogen) atoms. The van der Waals surface area contributed by atoms with Crippen molar-refractivity contribution in [2.24, 2.45) is 0 Å². The topological polar surface area (TPSA) is 90.7 Å². The molecule has 1 N–H and O–H groups in total. The molecule has 0 bridgehead atoms. The van der Waals surface area contributed by atoms with E-state index in [4.69, 9.17) is 25.5 Å². The van der Waals surface area contributed by atoms with E-state index >= 15 is 0 Å². The van der Waals surface area contributed by atoms with E-state index in [-0.39, 0.29) is 11.0 Å². The van der Waals surface area contributed by atoms with Crippen LogP contribution >= 0.6 is 11.6 Å². The fraction of sp³-hybridized carbons (Fsp3) is 0.167. The van der Waals surface area contributed by atoms with E-state index in [1.54, 1.807) is 0 Å². The monoisotopic (exact) mass is 428 g/mol. The summed E-state index contributed by atoms with van der Waals surface area (Å²) in [6, 6.07) is 0.915. The Morgan fingerprint density at radius 2 is 1.69 bits per heavy atom. The summed E-state index contributed by atoms with van der Waals surface area (Å²) in [4.78, 5) is 28.1. The maximum atomic E-state index is 14.7. The normalized spacial score (nSPS) is 10.9. The Hall–Kier alpha value is -3.27. The smallest absolute Gasteiger partial charge is 0.236 e. The Bertz CT molecular complexity index is 1130. The summed E-state index contributed by atoms with van der Waals surface area (Å²) in [6.07, 6.45) is 1.00. The number of amides is 1. The van der Waals surface area contributed by atoms with Crippen molar-refractivity contribution in [3.05, 3.63) is 46.2 Å². The summed E-state index contributed by atoms with van der Waals surface area (Å²) < 4.78 is 58.7. The zero-order valence-electron chi connectivity index (χ0n) is 15.2. The Kier molecular flexibility index (Phi) is 5.38. The number of ether oxygens (including phenoxy) is 2. The number of nitrogens with zero attached hydrogens (tertiary/aromatic N) is 1. The van der Waals surface area contributed by atoms with Crippen LogP contribution in [-0.2, 0) is 4.79 Å². The molecule has 1 amide bonds. The molecule has 2 heterocycles. The number of carbonyl (C=O) groups excluding carboxylic acids is 2. The number of rotatable bonds is 5. The number of anilines is 1. The molecule has 3 rings (SSSR count). The molecule has 0 saturated heterocycles. The summed E-state index contributed by atoms with van der Waals surface area (Å²) in [5, 5.41) is 1.30. The molecule has 1 aromatic carbocycles. The molecule has 0 saturated carbocycles. The highest BCUT2D eigenvalue weighted by molar-refractivity contribution is 6.30. The lowest BCUT2D eigenvalue weighted by molar-refractivity contribution is -0.114. The summed E-state index contributed by atoms with van der Waals surface area (Å²) in [5.41, 5.74) is -1.79. The Morgan fingerprint density at radius 1 is 1.10 bits per heavy atom. The fourth-order valence-electron chi connectivity index (χ4n) is 2.69. The van der Waals surface area contributed by atoms with Crippen LogP contribution in [0.15, 0.2) is 16.7 Å². The van der Waals surface area contributed by atoms with Gasteiger partial charge in [-0.3, -0.25) is 9.59 Å². The van der Waals surface area contributed by atoms with Gasteiger partial charge in [-0.05, 0) is 0 Å². The first kappa shape index (κ1) is 20.5. The zero-order chi connectivity index (χ0) is 21.5. The number of benzene rings is 1. The fourth-order valence-corrected chi connectivity index (χ4v) is 2.83. The molecular formula is C18H12ClF3N2O5. The molecule has 0 fully saturated rings. The summed E-state index contributed by atoms with van der Waals surface area (Å²) in [6.45, 7) is 1.09. The van der Waals surface area contributed by atoms with Crippen molar-refractivity contribution < 1.29 is 36.7 Å². The number of hydrogen-bond acceptors (Lipinski definition) is 6. The average molecular weight is 429 g/mol. The summed E-state index contributed by atoms with van der Waals surface area (Å²) in [7, 11) is 2.22. The average Bonchev–Trinajstić information content (AvgIpc) is 3.03. The summed E-state index contributed by atoms with van der Waals surface area (Å²) in [5.74, 6) is -7.44. The van der Waals surface area contributed by atoms with Crippen molar-refractivity contribution in [3.63, 3.8) is 0 Å². The minimum absolute atomic E-state index is 0.269. The van der Waals surface area contributed by atoms with Crippen LogP contribution in [0.4, 0.5) is 18.9 Å². The maximum absolute atomic E-state index is 14.7. The van der Waals surface area contributed by atoms with Crippen molar-refractivity contribution in [1.29, 1.82) is 0 Å². The van der Waals surface area contributed by atoms with Crippen LogP contribution in [0.2, 0.25) is 5.15 Å². The van der Waals surface area contributed by atoms with E-state index in [1.165, 1.54) is 0 Å². The highest BCUT2D eigenvalue weighted by atomic mass is 35.5. The molecule has 0 atom stereocenters. The van der Waals surface area contributed by atoms with Crippen LogP contribution in [0.25, 0.3) is 11.0 Å². The van der Waals surface area contributed by atoms with Gasteiger partial charge in [0.1, 0.15) is 11.3 Å². The molecule has 7 nitrogen and oxygen atoms in total. The van der Waals surface area contributed by atoms with Crippen LogP contribution in [0, 0.1) is 17.5 Å². The van der Waals surface area contributed by atoms with Crippen LogP contribution in [0.5, 0.6) is 11.5 Å². The highest BCUT2D eigenvalue weighted by Gasteiger charge is 2.32. The Balaban J connectivity index is 2.33. The zero-order valence-corrected chi connectivity index (χ0v) is 15.9. The molecule has 3 aromatic rings. The number of pyridine rings is 1. The van der Waals surface area contributed by atoms with Crippen molar-refractivity contribution in [1.82, 2.24) is 4.98 Å². The van der Waals surface area contributed by atoms with Gasteiger partial charge in [-0.2, -0.15) is 0 Å². The van der Waals surface area contributed by atoms with E-state index in [2.05, 4.69) is 10.3 Å². The van der Waals surface area contributed by atoms with E-state index < -0.39 is 62.8 Å². The summed E-state index contributed by atoms with van der Waals surface area (Å²) >= 11 is 5.65. The quantitative estimate of drug-likeness (QED) is 0.486. The molecule has 0 aliphatic carbocycles. The van der Waals surface area contributed by atoms with Gasteiger partial charge in [-0.1, -0.05) is 11.6 Å². The lowest BCUT2D eigenvalue weighted by atomic mass is 10.0. The van der Waals surface area contributed by atoms with Gasteiger partial charge in [-0.15, -0.1) is 0 Å². The first-order valence-electron chi connectivity index (χ1n) is 7.90. The largest absolute Gasteiger partial charge is 0.494 e. The molecule has 0 spiro atoms. The van der Waals surface area contributed by atoms with Gasteiger partial charge in [0.25, 0.3) is 0 Å². The molecule has 0 aliphatic rings. The van der Waals surface area contributed by atoms with Crippen molar-refractivity contribution in [2.75, 3.05) is 19.5 Å². The van der Waals surface area contributed by atoms with Gasteiger partial charge >= 0.3 is 0 Å². The number of aromatic nitrogens is 1. The van der Waals surface area contributed by atoms with E-state index in [0.29, 0.717) is 0 Å². The number of carbonyl (C=O) groups is 2. The van der Waals surface area contributed by atoms with Crippen molar-refractivity contribution in [2.45, 2.75) is 6.92 Å². The minimum atomic E-state index is -1.33. The molecule has 11 heteroatoms. The Morgan fingerprint density at radius 3 is 2.21 bits per heavy atom. The molecule has 0 unspecified atom stereocenters. The van der Waals surface area contributed by atoms with Gasteiger partial charge in [0.2, 0.25) is 11.7 Å². The third-order valence-corrected chi connectivity index (χ3v) is 4.20. The van der Waals surface area contributed by atoms with Gasteiger partial charge < -0.3 is 19.2 Å². The van der Waals surface area contributed by atoms with E-state index in [0.717, 1.165) is 33.4 Å². The van der Waals surface area contributed by atoms with Crippen molar-refractivity contribution >= 4 is 39.9 Å². The van der Waals surface area contributed by atoms with Crippen molar-refractivity contribution in [3.8, 4) is 11.5 Å². The number of ketones is 1. The van der Waals surface area contributed by atoms with Crippen LogP contribution in [-0.4, -0.2) is 30.9 Å². The molecule has 152 valence electrons. The SMILES string of the molecule is COc1cc(OC)c(F)c(C(=O)c2oc3cnc(Cl)c(F)c3c2NC(C)=O)c1F. The lowest BCUT2D eigenvalue weighted by Gasteiger charge is -2.11. The number of hydrogen-bond donors (Lipinski definition) is 1. The van der Waals surface area contributed by atoms with Gasteiger partial charge in [0.15, 0.2) is 45.4 Å². The number of nitrogens with one attached hydrogen (secondary N) is 1. The van der Waals surface area contributed by atoms with Gasteiger partial charge in [0.05, 0.1) is 25.8 Å².